The van der Waals surface area contributed by atoms with Gasteiger partial charge in [0.2, 0.25) is 5.95 Å². The van der Waals surface area contributed by atoms with Crippen molar-refractivity contribution in [1.29, 1.82) is 0 Å². The number of para-hydroxylation sites is 1. The fraction of sp³-hybridized carbons (Fsp3) is 0.440. The summed E-state index contributed by atoms with van der Waals surface area (Å²) in [6.07, 6.45) is 4.85. The highest BCUT2D eigenvalue weighted by Gasteiger charge is 2.25. The van der Waals surface area contributed by atoms with Gasteiger partial charge in [-0.25, -0.2) is 4.98 Å². The van der Waals surface area contributed by atoms with E-state index in [0.717, 1.165) is 41.5 Å². The smallest absolute Gasteiger partial charge is 0.229 e. The van der Waals surface area contributed by atoms with E-state index in [2.05, 4.69) is 66.6 Å². The summed E-state index contributed by atoms with van der Waals surface area (Å²) in [5, 5.41) is 8.21. The van der Waals surface area contributed by atoms with Crippen LogP contribution < -0.4 is 10.6 Å². The Hall–Kier alpha value is -2.66. The van der Waals surface area contributed by atoms with Crippen molar-refractivity contribution in [2.45, 2.75) is 58.5 Å². The number of fused-ring (bicyclic) bond motifs is 1. The average Bonchev–Trinajstić information content (AvgIpc) is 2.76. The molecule has 0 unspecified atom stereocenters. The third-order valence-corrected chi connectivity index (χ3v) is 6.24. The highest BCUT2D eigenvalue weighted by atomic mass is 15.2. The largest absolute Gasteiger partial charge is 0.367 e. The molecule has 2 N–H and O–H groups in total. The van der Waals surface area contributed by atoms with Crippen LogP contribution in [0.2, 0.25) is 0 Å². The van der Waals surface area contributed by atoms with E-state index in [4.69, 9.17) is 9.97 Å². The fourth-order valence-corrected chi connectivity index (χ4v) is 4.61. The minimum Gasteiger partial charge on any atom is -0.367 e. The maximum atomic E-state index is 4.86. The van der Waals surface area contributed by atoms with Gasteiger partial charge < -0.3 is 15.5 Å². The molecule has 0 radical (unpaired) electrons. The van der Waals surface area contributed by atoms with Gasteiger partial charge >= 0.3 is 0 Å². The molecule has 0 bridgehead atoms. The lowest BCUT2D eigenvalue weighted by Crippen LogP contribution is -2.40. The Balaban J connectivity index is 1.53. The van der Waals surface area contributed by atoms with Gasteiger partial charge in [0.25, 0.3) is 0 Å². The summed E-state index contributed by atoms with van der Waals surface area (Å²) in [6.45, 7) is 8.91. The molecule has 3 aromatic rings. The summed E-state index contributed by atoms with van der Waals surface area (Å²) in [6, 6.07) is 17.7. The summed E-state index contributed by atoms with van der Waals surface area (Å²) in [4.78, 5) is 12.2. The average molecular weight is 404 g/mol. The van der Waals surface area contributed by atoms with Crippen molar-refractivity contribution in [3.8, 4) is 0 Å². The van der Waals surface area contributed by atoms with Crippen molar-refractivity contribution in [3.63, 3.8) is 0 Å². The number of hydrogen-bond acceptors (Lipinski definition) is 5. The number of nitrogens with one attached hydrogen (secondary N) is 2. The third-order valence-electron chi connectivity index (χ3n) is 6.24. The molecule has 0 saturated heterocycles. The second kappa shape index (κ2) is 9.43. The van der Waals surface area contributed by atoms with Crippen LogP contribution >= 0.6 is 0 Å². The van der Waals surface area contributed by atoms with Gasteiger partial charge in [0.15, 0.2) is 0 Å². The van der Waals surface area contributed by atoms with Gasteiger partial charge in [-0.15, -0.1) is 0 Å². The molecule has 5 nitrogen and oxygen atoms in total. The second-order valence-electron chi connectivity index (χ2n) is 8.28. The van der Waals surface area contributed by atoms with E-state index >= 15 is 0 Å². The molecular formula is C25H33N5. The Labute approximate surface area is 179 Å². The molecule has 1 aromatic heterocycles. The van der Waals surface area contributed by atoms with Gasteiger partial charge in [-0.1, -0.05) is 38.1 Å². The Bertz CT molecular complexity index is 974. The lowest BCUT2D eigenvalue weighted by molar-refractivity contribution is 0.167. The molecule has 0 spiro atoms. The van der Waals surface area contributed by atoms with Crippen LogP contribution in [-0.4, -0.2) is 40.0 Å². The first-order valence-electron chi connectivity index (χ1n) is 11.3. The maximum Gasteiger partial charge on any atom is 0.229 e. The molecule has 0 aliphatic heterocycles. The second-order valence-corrected chi connectivity index (χ2v) is 8.28. The first-order valence-corrected chi connectivity index (χ1v) is 11.3. The number of aryl methyl sites for hydroxylation is 1. The topological polar surface area (TPSA) is 53.1 Å². The van der Waals surface area contributed by atoms with Crippen molar-refractivity contribution in [2.75, 3.05) is 23.7 Å². The quantitative estimate of drug-likeness (QED) is 0.526. The zero-order valence-corrected chi connectivity index (χ0v) is 18.4. The van der Waals surface area contributed by atoms with Crippen LogP contribution in [0.4, 0.5) is 17.5 Å². The number of rotatable bonds is 7. The first-order chi connectivity index (χ1) is 14.7. The SMILES string of the molecule is CCN(CC)C1CCC(Nc2nc(Nc3cccc(C)c3)nc3ccccc23)CC1. The van der Waals surface area contributed by atoms with Gasteiger partial charge in [0, 0.05) is 23.2 Å². The predicted octanol–water partition coefficient (Wildman–Crippen LogP) is 5.75. The van der Waals surface area contributed by atoms with E-state index in [-0.39, 0.29) is 0 Å². The molecule has 4 rings (SSSR count). The summed E-state index contributed by atoms with van der Waals surface area (Å²) >= 11 is 0. The van der Waals surface area contributed by atoms with Crippen molar-refractivity contribution in [2.24, 2.45) is 0 Å². The zero-order valence-electron chi connectivity index (χ0n) is 18.4. The Kier molecular flexibility index (Phi) is 6.48. The molecule has 2 aromatic carbocycles. The summed E-state index contributed by atoms with van der Waals surface area (Å²) in [5.41, 5.74) is 3.18. The molecule has 1 aliphatic carbocycles. The lowest BCUT2D eigenvalue weighted by Gasteiger charge is -2.36. The fourth-order valence-electron chi connectivity index (χ4n) is 4.61. The van der Waals surface area contributed by atoms with E-state index in [1.807, 2.05) is 18.2 Å². The maximum absolute atomic E-state index is 4.86. The molecular weight excluding hydrogens is 370 g/mol. The lowest BCUT2D eigenvalue weighted by atomic mass is 9.90. The van der Waals surface area contributed by atoms with Crippen LogP contribution in [0.3, 0.4) is 0 Å². The monoisotopic (exact) mass is 403 g/mol. The Morgan fingerprint density at radius 3 is 2.43 bits per heavy atom. The van der Waals surface area contributed by atoms with Crippen LogP contribution in [0.5, 0.6) is 0 Å². The van der Waals surface area contributed by atoms with Crippen molar-refractivity contribution >= 4 is 28.4 Å². The van der Waals surface area contributed by atoms with Gasteiger partial charge in [-0.2, -0.15) is 4.98 Å². The summed E-state index contributed by atoms with van der Waals surface area (Å²) in [7, 11) is 0. The zero-order chi connectivity index (χ0) is 20.9. The van der Waals surface area contributed by atoms with Crippen molar-refractivity contribution in [3.05, 3.63) is 54.1 Å². The highest BCUT2D eigenvalue weighted by molar-refractivity contribution is 5.90. The Morgan fingerprint density at radius 2 is 1.70 bits per heavy atom. The molecule has 158 valence electrons. The molecule has 1 fully saturated rings. The van der Waals surface area contributed by atoms with Gasteiger partial charge in [-0.05, 0) is 75.5 Å². The Morgan fingerprint density at radius 1 is 0.933 bits per heavy atom. The third kappa shape index (κ3) is 4.73. The molecule has 0 atom stereocenters. The molecule has 1 heterocycles. The minimum absolute atomic E-state index is 0.460. The molecule has 1 aliphatic rings. The molecule has 30 heavy (non-hydrogen) atoms. The number of hydrogen-bond donors (Lipinski definition) is 2. The highest BCUT2D eigenvalue weighted by Crippen LogP contribution is 2.29. The molecule has 0 amide bonds. The first kappa shape index (κ1) is 20.6. The normalized spacial score (nSPS) is 19.2. The van der Waals surface area contributed by atoms with E-state index in [0.29, 0.717) is 12.0 Å². The van der Waals surface area contributed by atoms with Crippen LogP contribution in [-0.2, 0) is 0 Å². The van der Waals surface area contributed by atoms with Gasteiger partial charge in [0.1, 0.15) is 5.82 Å². The van der Waals surface area contributed by atoms with E-state index in [9.17, 15) is 0 Å². The number of anilines is 3. The summed E-state index contributed by atoms with van der Waals surface area (Å²) < 4.78 is 0. The van der Waals surface area contributed by atoms with Crippen LogP contribution in [0.25, 0.3) is 10.9 Å². The van der Waals surface area contributed by atoms with Crippen LogP contribution in [0, 0.1) is 6.92 Å². The van der Waals surface area contributed by atoms with Crippen molar-refractivity contribution < 1.29 is 0 Å². The predicted molar refractivity (Wildman–Crippen MR) is 127 cm³/mol. The minimum atomic E-state index is 0.460. The standard InChI is InChI=1S/C25H33N5/c1-4-30(5-2)21-15-13-19(14-16-21)26-24-22-11-6-7-12-23(22)28-25(29-24)27-20-10-8-9-18(3)17-20/h6-12,17,19,21H,4-5,13-16H2,1-3H3,(H2,26,27,28,29). The summed E-state index contributed by atoms with van der Waals surface area (Å²) in [5.74, 6) is 1.57. The van der Waals surface area contributed by atoms with Crippen molar-refractivity contribution in [1.82, 2.24) is 14.9 Å². The van der Waals surface area contributed by atoms with E-state index in [1.54, 1.807) is 0 Å². The van der Waals surface area contributed by atoms with E-state index in [1.165, 1.54) is 31.2 Å². The number of aromatic nitrogens is 2. The van der Waals surface area contributed by atoms with Gasteiger partial charge in [0.05, 0.1) is 5.52 Å². The number of nitrogens with zero attached hydrogens (tertiary/aromatic N) is 3. The molecule has 1 saturated carbocycles. The van der Waals surface area contributed by atoms with E-state index < -0.39 is 0 Å². The van der Waals surface area contributed by atoms with Gasteiger partial charge in [-0.3, -0.25) is 0 Å². The van der Waals surface area contributed by atoms with Crippen LogP contribution in [0.15, 0.2) is 48.5 Å². The number of benzene rings is 2. The molecule has 5 heteroatoms. The van der Waals surface area contributed by atoms with Crippen LogP contribution in [0.1, 0.15) is 45.1 Å².